The smallest absolute Gasteiger partial charge is 0.394 e. The first-order valence-electron chi connectivity index (χ1n) is 3.81. The summed E-state index contributed by atoms with van der Waals surface area (Å²) in [6.07, 6.45) is 0. The molecule has 0 aromatic rings. The molecule has 1 aliphatic heterocycles. The van der Waals surface area contributed by atoms with E-state index in [-0.39, 0.29) is 0 Å². The molecule has 100 valence electrons. The van der Waals surface area contributed by atoms with E-state index in [2.05, 4.69) is 0 Å². The van der Waals surface area contributed by atoms with E-state index in [0.29, 0.717) is 0 Å². The van der Waals surface area contributed by atoms with E-state index in [1.54, 1.807) is 0 Å². The van der Waals surface area contributed by atoms with Crippen LogP contribution in [0.25, 0.3) is 0 Å². The lowest BCUT2D eigenvalue weighted by molar-refractivity contribution is -0.303. The molecule has 1 heterocycles. The highest BCUT2D eigenvalue weighted by Gasteiger charge is 2.92. The second-order valence-corrected chi connectivity index (χ2v) is 3.21. The van der Waals surface area contributed by atoms with Gasteiger partial charge in [0.2, 0.25) is 0 Å². The molecule has 1 aliphatic rings. The average Bonchev–Trinajstić information content (AvgIpc) is 2.16. The maximum absolute atomic E-state index is 12.7. The van der Waals surface area contributed by atoms with Crippen molar-refractivity contribution in [2.45, 2.75) is 23.9 Å². The van der Waals surface area contributed by atoms with E-state index in [1.807, 2.05) is 0 Å². The number of carboxylic acid groups (broad SMARTS) is 1. The predicted octanol–water partition coefficient (Wildman–Crippen LogP) is 1.84. The number of nitrogens with zero attached hydrogens (tertiary/aromatic N) is 1. The van der Waals surface area contributed by atoms with Crippen molar-refractivity contribution < 1.29 is 45.0 Å². The largest absolute Gasteiger partial charge is 0.480 e. The summed E-state index contributed by atoms with van der Waals surface area (Å²) in [7, 11) is 0. The molecule has 0 aliphatic carbocycles. The SMILES string of the molecule is O=C(O)CN1C(F)(F)C(F)(F)C(F)(F)C1(F)F. The van der Waals surface area contributed by atoms with Crippen LogP contribution in [0.2, 0.25) is 0 Å². The Morgan fingerprint density at radius 3 is 1.41 bits per heavy atom. The topological polar surface area (TPSA) is 40.5 Å². The van der Waals surface area contributed by atoms with Crippen molar-refractivity contribution in [2.75, 3.05) is 6.54 Å². The van der Waals surface area contributed by atoms with Crippen LogP contribution in [-0.2, 0) is 4.79 Å². The second kappa shape index (κ2) is 3.21. The number of likely N-dealkylation sites (tertiary alicyclic amines) is 1. The molecule has 0 aromatic heterocycles. The Labute approximate surface area is 87.6 Å². The van der Waals surface area contributed by atoms with Gasteiger partial charge >= 0.3 is 29.9 Å². The molecule has 0 atom stereocenters. The van der Waals surface area contributed by atoms with Gasteiger partial charge in [-0.3, -0.25) is 4.79 Å². The predicted molar refractivity (Wildman–Crippen MR) is 34.1 cm³/mol. The normalized spacial score (nSPS) is 29.2. The number of hydrogen-bond acceptors (Lipinski definition) is 2. The van der Waals surface area contributed by atoms with Gasteiger partial charge < -0.3 is 5.11 Å². The molecular formula is C6H3F8NO2. The number of aliphatic carboxylic acids is 1. The van der Waals surface area contributed by atoms with Gasteiger partial charge in [0.1, 0.15) is 6.54 Å². The molecule has 17 heavy (non-hydrogen) atoms. The highest BCUT2D eigenvalue weighted by atomic mass is 19.4. The van der Waals surface area contributed by atoms with Crippen molar-refractivity contribution in [3.8, 4) is 0 Å². The monoisotopic (exact) mass is 273 g/mol. The maximum Gasteiger partial charge on any atom is 0.394 e. The minimum atomic E-state index is -6.38. The lowest BCUT2D eigenvalue weighted by atomic mass is 10.2. The number of carbonyl (C=O) groups is 1. The fraction of sp³-hybridized carbons (Fsp3) is 0.833. The zero-order valence-corrected chi connectivity index (χ0v) is 7.53. The third-order valence-electron chi connectivity index (χ3n) is 2.12. The van der Waals surface area contributed by atoms with Crippen molar-refractivity contribution >= 4 is 5.97 Å². The molecule has 0 spiro atoms. The van der Waals surface area contributed by atoms with Crippen molar-refractivity contribution in [1.82, 2.24) is 4.90 Å². The van der Waals surface area contributed by atoms with Crippen molar-refractivity contribution in [3.05, 3.63) is 0 Å². The molecule has 0 amide bonds. The number of hydrogen-bond donors (Lipinski definition) is 1. The molecule has 0 aromatic carbocycles. The van der Waals surface area contributed by atoms with Gasteiger partial charge in [0.25, 0.3) is 0 Å². The lowest BCUT2D eigenvalue weighted by Crippen LogP contribution is -2.51. The first-order valence-corrected chi connectivity index (χ1v) is 3.81. The standard InChI is InChI=1S/C6H3F8NO2/c7-3(8)4(9,10)6(13,14)15(1-2(16)17)5(3,11)12/h1H2,(H,16,17). The summed E-state index contributed by atoms with van der Waals surface area (Å²) in [5.74, 6) is -15.1. The van der Waals surface area contributed by atoms with Crippen LogP contribution in [-0.4, -0.2) is 46.5 Å². The molecule has 0 saturated carbocycles. The molecule has 0 bridgehead atoms. The summed E-state index contributed by atoms with van der Waals surface area (Å²) >= 11 is 0. The van der Waals surface area contributed by atoms with Gasteiger partial charge in [0.05, 0.1) is 0 Å². The maximum atomic E-state index is 12.7. The summed E-state index contributed by atoms with van der Waals surface area (Å²) in [4.78, 5) is 7.93. The number of carboxylic acids is 1. The summed E-state index contributed by atoms with van der Waals surface area (Å²) < 4.78 is 101. The molecule has 0 radical (unpaired) electrons. The molecule has 3 nitrogen and oxygen atoms in total. The molecule has 11 heteroatoms. The Morgan fingerprint density at radius 2 is 1.18 bits per heavy atom. The van der Waals surface area contributed by atoms with Gasteiger partial charge in [-0.2, -0.15) is 40.0 Å². The molecule has 1 rings (SSSR count). The number of halogens is 8. The summed E-state index contributed by atoms with van der Waals surface area (Å²) in [6.45, 7) is -2.36. The minimum Gasteiger partial charge on any atom is -0.480 e. The van der Waals surface area contributed by atoms with Crippen LogP contribution < -0.4 is 0 Å². The third kappa shape index (κ3) is 1.40. The van der Waals surface area contributed by atoms with Crippen LogP contribution in [0.1, 0.15) is 0 Å². The molecule has 1 N–H and O–H groups in total. The van der Waals surface area contributed by atoms with Gasteiger partial charge in [0.15, 0.2) is 0 Å². The Bertz CT molecular complexity index is 328. The Hall–Kier alpha value is -1.13. The first kappa shape index (κ1) is 13.9. The van der Waals surface area contributed by atoms with E-state index in [4.69, 9.17) is 5.11 Å². The fourth-order valence-corrected chi connectivity index (χ4v) is 1.23. The Kier molecular flexibility index (Phi) is 2.63. The van der Waals surface area contributed by atoms with E-state index in [9.17, 15) is 39.9 Å². The Balaban J connectivity index is 3.37. The van der Waals surface area contributed by atoms with E-state index in [0.717, 1.165) is 0 Å². The van der Waals surface area contributed by atoms with Crippen LogP contribution >= 0.6 is 0 Å². The van der Waals surface area contributed by atoms with Gasteiger partial charge in [-0.15, -0.1) is 0 Å². The fourth-order valence-electron chi connectivity index (χ4n) is 1.23. The minimum absolute atomic E-state index is 2.03. The molecule has 1 saturated heterocycles. The average molecular weight is 273 g/mol. The molecule has 0 unspecified atom stereocenters. The second-order valence-electron chi connectivity index (χ2n) is 3.21. The zero-order chi connectivity index (χ0) is 13.9. The van der Waals surface area contributed by atoms with E-state index in [1.165, 1.54) is 0 Å². The summed E-state index contributed by atoms with van der Waals surface area (Å²) in [5, 5.41) is 7.98. The number of alkyl halides is 8. The van der Waals surface area contributed by atoms with Crippen LogP contribution in [0.15, 0.2) is 0 Å². The molecule has 1 fully saturated rings. The van der Waals surface area contributed by atoms with E-state index >= 15 is 0 Å². The first-order chi connectivity index (χ1) is 7.30. The van der Waals surface area contributed by atoms with Crippen molar-refractivity contribution in [1.29, 1.82) is 0 Å². The number of rotatable bonds is 2. The third-order valence-corrected chi connectivity index (χ3v) is 2.12. The Morgan fingerprint density at radius 1 is 0.882 bits per heavy atom. The molecular weight excluding hydrogens is 270 g/mol. The van der Waals surface area contributed by atoms with Crippen molar-refractivity contribution in [2.24, 2.45) is 0 Å². The van der Waals surface area contributed by atoms with E-state index < -0.39 is 41.4 Å². The summed E-state index contributed by atoms with van der Waals surface area (Å²) in [5.41, 5.74) is 0. The van der Waals surface area contributed by atoms with Crippen LogP contribution in [0.4, 0.5) is 35.1 Å². The van der Waals surface area contributed by atoms with Gasteiger partial charge in [-0.05, 0) is 0 Å². The quantitative estimate of drug-likeness (QED) is 0.616. The van der Waals surface area contributed by atoms with Crippen molar-refractivity contribution in [3.63, 3.8) is 0 Å². The van der Waals surface area contributed by atoms with Crippen LogP contribution in [0.5, 0.6) is 0 Å². The lowest BCUT2D eigenvalue weighted by Gasteiger charge is -2.26. The summed E-state index contributed by atoms with van der Waals surface area (Å²) in [6, 6.07) is -11.9. The van der Waals surface area contributed by atoms with Gasteiger partial charge in [-0.25, -0.2) is 0 Å². The van der Waals surface area contributed by atoms with Crippen LogP contribution in [0.3, 0.4) is 0 Å². The highest BCUT2D eigenvalue weighted by molar-refractivity contribution is 5.69. The van der Waals surface area contributed by atoms with Gasteiger partial charge in [0, 0.05) is 0 Å². The van der Waals surface area contributed by atoms with Gasteiger partial charge in [-0.1, -0.05) is 0 Å². The zero-order valence-electron chi connectivity index (χ0n) is 7.53. The highest BCUT2D eigenvalue weighted by Crippen LogP contribution is 2.62. The van der Waals surface area contributed by atoms with Crippen LogP contribution in [0, 0.1) is 0 Å².